The van der Waals surface area contributed by atoms with Crippen LogP contribution in [0.3, 0.4) is 0 Å². The molecule has 1 unspecified atom stereocenters. The summed E-state index contributed by atoms with van der Waals surface area (Å²) in [7, 11) is 0. The largest absolute Gasteiger partial charge is 0.306 e. The first-order valence-corrected chi connectivity index (χ1v) is 7.60. The molecule has 17 heavy (non-hydrogen) atoms. The molecule has 1 aliphatic rings. The maximum atomic E-state index is 4.37. The quantitative estimate of drug-likeness (QED) is 0.874. The zero-order chi connectivity index (χ0) is 12.1. The summed E-state index contributed by atoms with van der Waals surface area (Å²) in [6.07, 6.45) is 3.82. The molecule has 0 amide bonds. The number of rotatable bonds is 5. The minimum Gasteiger partial charge on any atom is -0.306 e. The van der Waals surface area contributed by atoms with E-state index in [0.29, 0.717) is 12.1 Å². The first-order chi connectivity index (χ1) is 8.29. The van der Waals surface area contributed by atoms with Gasteiger partial charge in [-0.05, 0) is 45.8 Å². The van der Waals surface area contributed by atoms with Crippen molar-refractivity contribution in [1.82, 2.24) is 15.2 Å². The minimum atomic E-state index is 0.393. The number of piperidine rings is 1. The number of aromatic nitrogens is 1. The normalized spacial score (nSPS) is 20.6. The van der Waals surface area contributed by atoms with E-state index in [1.54, 1.807) is 11.3 Å². The Hall–Kier alpha value is -0.450. The van der Waals surface area contributed by atoms with Crippen LogP contribution in [0.1, 0.15) is 44.8 Å². The van der Waals surface area contributed by atoms with Gasteiger partial charge in [0.25, 0.3) is 0 Å². The maximum absolute atomic E-state index is 4.37. The Labute approximate surface area is 108 Å². The molecule has 96 valence electrons. The van der Waals surface area contributed by atoms with E-state index in [9.17, 15) is 0 Å². The monoisotopic (exact) mass is 253 g/mol. The third-order valence-electron chi connectivity index (χ3n) is 3.51. The van der Waals surface area contributed by atoms with Crippen molar-refractivity contribution in [2.24, 2.45) is 0 Å². The van der Waals surface area contributed by atoms with Gasteiger partial charge in [0.2, 0.25) is 0 Å². The van der Waals surface area contributed by atoms with Crippen LogP contribution >= 0.6 is 11.3 Å². The average Bonchev–Trinajstić information content (AvgIpc) is 2.86. The second-order valence-electron chi connectivity index (χ2n) is 4.92. The first kappa shape index (κ1) is 13.0. The summed E-state index contributed by atoms with van der Waals surface area (Å²) in [4.78, 5) is 6.95. The van der Waals surface area contributed by atoms with Crippen LogP contribution in [-0.4, -0.2) is 35.6 Å². The molecule has 0 radical (unpaired) electrons. The molecule has 1 atom stereocenters. The van der Waals surface area contributed by atoms with Gasteiger partial charge in [-0.3, -0.25) is 0 Å². The minimum absolute atomic E-state index is 0.393. The summed E-state index contributed by atoms with van der Waals surface area (Å²) in [5, 5.41) is 5.84. The SMILES string of the molecule is CCCN1CCC(NC(C)c2cscn2)CC1. The van der Waals surface area contributed by atoms with Gasteiger partial charge in [-0.25, -0.2) is 4.98 Å². The van der Waals surface area contributed by atoms with Gasteiger partial charge >= 0.3 is 0 Å². The smallest absolute Gasteiger partial charge is 0.0795 e. The van der Waals surface area contributed by atoms with Crippen LogP contribution in [0, 0.1) is 0 Å². The molecule has 0 bridgehead atoms. The van der Waals surface area contributed by atoms with E-state index < -0.39 is 0 Å². The summed E-state index contributed by atoms with van der Waals surface area (Å²) in [6.45, 7) is 8.22. The molecule has 1 saturated heterocycles. The lowest BCUT2D eigenvalue weighted by atomic mass is 10.0. The van der Waals surface area contributed by atoms with Crippen molar-refractivity contribution >= 4 is 11.3 Å². The highest BCUT2D eigenvalue weighted by molar-refractivity contribution is 7.07. The van der Waals surface area contributed by atoms with E-state index in [4.69, 9.17) is 0 Å². The molecular weight excluding hydrogens is 230 g/mol. The molecular formula is C13H23N3S. The van der Waals surface area contributed by atoms with Crippen molar-refractivity contribution < 1.29 is 0 Å². The Morgan fingerprint density at radius 1 is 1.53 bits per heavy atom. The van der Waals surface area contributed by atoms with E-state index in [1.807, 2.05) is 5.51 Å². The van der Waals surface area contributed by atoms with Gasteiger partial charge in [0.15, 0.2) is 0 Å². The van der Waals surface area contributed by atoms with Gasteiger partial charge in [-0.15, -0.1) is 11.3 Å². The van der Waals surface area contributed by atoms with Gasteiger partial charge in [0, 0.05) is 17.5 Å². The molecule has 4 heteroatoms. The average molecular weight is 253 g/mol. The van der Waals surface area contributed by atoms with Crippen molar-refractivity contribution in [2.45, 2.75) is 45.2 Å². The molecule has 1 fully saturated rings. The molecule has 1 aliphatic heterocycles. The lowest BCUT2D eigenvalue weighted by molar-refractivity contribution is 0.192. The molecule has 1 aromatic rings. The highest BCUT2D eigenvalue weighted by Gasteiger charge is 2.20. The summed E-state index contributed by atoms with van der Waals surface area (Å²) in [5.41, 5.74) is 3.10. The molecule has 1 N–H and O–H groups in total. The fourth-order valence-corrected chi connectivity index (χ4v) is 3.16. The molecule has 0 spiro atoms. The van der Waals surface area contributed by atoms with Crippen molar-refractivity contribution in [3.8, 4) is 0 Å². The third kappa shape index (κ3) is 3.76. The van der Waals surface area contributed by atoms with Gasteiger partial charge in [0.1, 0.15) is 0 Å². The molecule has 3 nitrogen and oxygen atoms in total. The van der Waals surface area contributed by atoms with Gasteiger partial charge in [-0.2, -0.15) is 0 Å². The lowest BCUT2D eigenvalue weighted by Crippen LogP contribution is -2.43. The zero-order valence-corrected chi connectivity index (χ0v) is 11.7. The Morgan fingerprint density at radius 3 is 2.88 bits per heavy atom. The van der Waals surface area contributed by atoms with Crippen molar-refractivity contribution in [3.05, 3.63) is 16.6 Å². The highest BCUT2D eigenvalue weighted by Crippen LogP contribution is 2.17. The predicted molar refractivity (Wildman–Crippen MR) is 73.4 cm³/mol. The molecule has 1 aromatic heterocycles. The van der Waals surface area contributed by atoms with Crippen LogP contribution in [0.25, 0.3) is 0 Å². The first-order valence-electron chi connectivity index (χ1n) is 6.66. The standard InChI is InChI=1S/C13H23N3S/c1-3-6-16-7-4-12(5-8-16)15-11(2)13-9-17-10-14-13/h9-12,15H,3-8H2,1-2H3. The van der Waals surface area contributed by atoms with Crippen LogP contribution in [0.4, 0.5) is 0 Å². The van der Waals surface area contributed by atoms with E-state index in [0.717, 1.165) is 0 Å². The summed E-state index contributed by atoms with van der Waals surface area (Å²) < 4.78 is 0. The van der Waals surface area contributed by atoms with Gasteiger partial charge in [-0.1, -0.05) is 6.92 Å². The Bertz CT molecular complexity index is 304. The molecule has 0 aliphatic carbocycles. The van der Waals surface area contributed by atoms with E-state index in [-0.39, 0.29) is 0 Å². The van der Waals surface area contributed by atoms with Gasteiger partial charge in [0.05, 0.1) is 11.2 Å². The van der Waals surface area contributed by atoms with E-state index >= 15 is 0 Å². The summed E-state index contributed by atoms with van der Waals surface area (Å²) in [6, 6.07) is 1.06. The fourth-order valence-electron chi connectivity index (χ4n) is 2.51. The van der Waals surface area contributed by atoms with E-state index in [1.165, 1.54) is 44.6 Å². The second kappa shape index (κ2) is 6.47. The number of likely N-dealkylation sites (tertiary alicyclic amines) is 1. The van der Waals surface area contributed by atoms with E-state index in [2.05, 4.69) is 34.4 Å². The third-order valence-corrected chi connectivity index (χ3v) is 4.11. The zero-order valence-electron chi connectivity index (χ0n) is 10.9. The predicted octanol–water partition coefficient (Wildman–Crippen LogP) is 2.67. The Morgan fingerprint density at radius 2 is 2.29 bits per heavy atom. The fraction of sp³-hybridized carbons (Fsp3) is 0.769. The Kier molecular flexibility index (Phi) is 4.95. The maximum Gasteiger partial charge on any atom is 0.0795 e. The van der Waals surface area contributed by atoms with Crippen LogP contribution in [0.2, 0.25) is 0 Å². The van der Waals surface area contributed by atoms with Crippen LogP contribution in [0.15, 0.2) is 10.9 Å². The van der Waals surface area contributed by atoms with Crippen LogP contribution in [0.5, 0.6) is 0 Å². The van der Waals surface area contributed by atoms with Gasteiger partial charge < -0.3 is 10.2 Å². The number of nitrogens with zero attached hydrogens (tertiary/aromatic N) is 2. The number of thiazole rings is 1. The Balaban J connectivity index is 1.74. The van der Waals surface area contributed by atoms with Crippen molar-refractivity contribution in [3.63, 3.8) is 0 Å². The molecule has 2 rings (SSSR count). The molecule has 2 heterocycles. The summed E-state index contributed by atoms with van der Waals surface area (Å²) in [5.74, 6) is 0. The molecule has 0 saturated carbocycles. The number of nitrogens with one attached hydrogen (secondary N) is 1. The topological polar surface area (TPSA) is 28.2 Å². The lowest BCUT2D eigenvalue weighted by Gasteiger charge is -2.33. The van der Waals surface area contributed by atoms with Crippen molar-refractivity contribution in [2.75, 3.05) is 19.6 Å². The van der Waals surface area contributed by atoms with Crippen LogP contribution in [-0.2, 0) is 0 Å². The highest BCUT2D eigenvalue weighted by atomic mass is 32.1. The van der Waals surface area contributed by atoms with Crippen molar-refractivity contribution in [1.29, 1.82) is 0 Å². The number of hydrogen-bond acceptors (Lipinski definition) is 4. The second-order valence-corrected chi connectivity index (χ2v) is 5.64. The number of hydrogen-bond donors (Lipinski definition) is 1. The summed E-state index contributed by atoms with van der Waals surface area (Å²) >= 11 is 1.68. The molecule has 0 aromatic carbocycles. The van der Waals surface area contributed by atoms with Crippen LogP contribution < -0.4 is 5.32 Å².